The Bertz CT molecular complexity index is 262. The van der Waals surface area contributed by atoms with E-state index in [0.29, 0.717) is 11.5 Å². The van der Waals surface area contributed by atoms with E-state index in [0.717, 1.165) is 11.8 Å². The highest BCUT2D eigenvalue weighted by Crippen LogP contribution is 2.38. The van der Waals surface area contributed by atoms with E-state index in [4.69, 9.17) is 5.73 Å². The summed E-state index contributed by atoms with van der Waals surface area (Å²) in [5.41, 5.74) is 6.99. The van der Waals surface area contributed by atoms with Crippen LogP contribution in [0, 0.1) is 17.3 Å². The van der Waals surface area contributed by atoms with Crippen molar-refractivity contribution in [2.24, 2.45) is 23.0 Å². The van der Waals surface area contributed by atoms with Crippen molar-refractivity contribution in [3.8, 4) is 0 Å². The van der Waals surface area contributed by atoms with Gasteiger partial charge in [0.15, 0.2) is 0 Å². The normalized spacial score (nSPS) is 36.3. The van der Waals surface area contributed by atoms with Gasteiger partial charge in [-0.1, -0.05) is 33.6 Å². The van der Waals surface area contributed by atoms with Crippen molar-refractivity contribution in [3.05, 3.63) is 0 Å². The second-order valence-corrected chi connectivity index (χ2v) is 7.35. The summed E-state index contributed by atoms with van der Waals surface area (Å²) >= 11 is 0. The fourth-order valence-electron chi connectivity index (χ4n) is 4.23. The number of likely N-dealkylation sites (tertiary alicyclic amines) is 1. The molecule has 0 amide bonds. The highest BCUT2D eigenvalue weighted by Gasteiger charge is 2.33. The van der Waals surface area contributed by atoms with Crippen molar-refractivity contribution in [1.82, 2.24) is 4.90 Å². The van der Waals surface area contributed by atoms with Crippen LogP contribution in [0.5, 0.6) is 0 Å². The van der Waals surface area contributed by atoms with E-state index in [1.165, 1.54) is 64.6 Å². The van der Waals surface area contributed by atoms with Crippen LogP contribution in [0.3, 0.4) is 0 Å². The Balaban J connectivity index is 1.82. The quantitative estimate of drug-likeness (QED) is 0.841. The van der Waals surface area contributed by atoms with E-state index in [-0.39, 0.29) is 0 Å². The number of rotatable bonds is 4. The third-order valence-corrected chi connectivity index (χ3v) is 6.21. The monoisotopic (exact) mass is 266 g/mol. The van der Waals surface area contributed by atoms with Gasteiger partial charge < -0.3 is 10.6 Å². The molecule has 19 heavy (non-hydrogen) atoms. The highest BCUT2D eigenvalue weighted by atomic mass is 15.1. The van der Waals surface area contributed by atoms with E-state index in [1.54, 1.807) is 0 Å². The van der Waals surface area contributed by atoms with Crippen LogP contribution in [0.2, 0.25) is 0 Å². The fourth-order valence-corrected chi connectivity index (χ4v) is 4.23. The number of nitrogens with two attached hydrogens (primary N) is 1. The van der Waals surface area contributed by atoms with E-state index in [1.807, 2.05) is 0 Å². The Kier molecular flexibility index (Phi) is 5.30. The molecule has 1 aliphatic heterocycles. The van der Waals surface area contributed by atoms with Crippen LogP contribution in [0.4, 0.5) is 0 Å². The minimum Gasteiger partial charge on any atom is -0.327 e. The molecule has 1 saturated heterocycles. The maximum atomic E-state index is 6.34. The Morgan fingerprint density at radius 3 is 2.32 bits per heavy atom. The summed E-state index contributed by atoms with van der Waals surface area (Å²) < 4.78 is 0. The third-order valence-electron chi connectivity index (χ3n) is 6.21. The lowest BCUT2D eigenvalue weighted by atomic mass is 9.73. The van der Waals surface area contributed by atoms with Crippen molar-refractivity contribution in [1.29, 1.82) is 0 Å². The molecule has 2 aliphatic rings. The van der Waals surface area contributed by atoms with E-state index in [9.17, 15) is 0 Å². The Labute approximate surface area is 120 Å². The van der Waals surface area contributed by atoms with Crippen LogP contribution in [-0.2, 0) is 0 Å². The smallest absolute Gasteiger partial charge is 0.00795 e. The molecule has 2 nitrogen and oxygen atoms in total. The lowest BCUT2D eigenvalue weighted by molar-refractivity contribution is 0.0710. The minimum absolute atomic E-state index is 0.459. The molecule has 0 aromatic carbocycles. The summed E-state index contributed by atoms with van der Waals surface area (Å²) in [6.07, 6.45) is 9.45. The van der Waals surface area contributed by atoms with E-state index in [2.05, 4.69) is 25.7 Å². The lowest BCUT2D eigenvalue weighted by Crippen LogP contribution is -2.46. The van der Waals surface area contributed by atoms with E-state index < -0.39 is 0 Å². The summed E-state index contributed by atoms with van der Waals surface area (Å²) in [7, 11) is 0. The van der Waals surface area contributed by atoms with Crippen LogP contribution in [0.1, 0.15) is 65.7 Å². The second kappa shape index (κ2) is 6.58. The summed E-state index contributed by atoms with van der Waals surface area (Å²) in [6.45, 7) is 11.0. The van der Waals surface area contributed by atoms with Gasteiger partial charge in [-0.2, -0.15) is 0 Å². The molecule has 0 spiro atoms. The predicted octanol–water partition coefficient (Wildman–Crippen LogP) is 3.65. The molecule has 2 heteroatoms. The van der Waals surface area contributed by atoms with Gasteiger partial charge in [0.1, 0.15) is 0 Å². The molecule has 112 valence electrons. The molecule has 1 aliphatic carbocycles. The Morgan fingerprint density at radius 1 is 1.11 bits per heavy atom. The average molecular weight is 266 g/mol. The number of nitrogens with zero attached hydrogens (tertiary/aromatic N) is 1. The molecular weight excluding hydrogens is 232 g/mol. The number of hydrogen-bond donors (Lipinski definition) is 1. The zero-order chi connectivity index (χ0) is 13.9. The summed E-state index contributed by atoms with van der Waals surface area (Å²) in [6, 6.07) is 0.459. The fraction of sp³-hybridized carbons (Fsp3) is 1.00. The zero-order valence-electron chi connectivity index (χ0n) is 13.3. The third kappa shape index (κ3) is 3.72. The van der Waals surface area contributed by atoms with Gasteiger partial charge in [0.05, 0.1) is 0 Å². The van der Waals surface area contributed by atoms with Crippen LogP contribution in [-0.4, -0.2) is 30.6 Å². The summed E-state index contributed by atoms with van der Waals surface area (Å²) in [4.78, 5) is 2.70. The van der Waals surface area contributed by atoms with Crippen LogP contribution in [0.15, 0.2) is 0 Å². The molecule has 0 aromatic rings. The first-order chi connectivity index (χ1) is 9.08. The van der Waals surface area contributed by atoms with Gasteiger partial charge in [0.2, 0.25) is 0 Å². The molecule has 3 unspecified atom stereocenters. The molecule has 1 saturated carbocycles. The van der Waals surface area contributed by atoms with Gasteiger partial charge in [-0.05, 0) is 62.4 Å². The highest BCUT2D eigenvalue weighted by molar-refractivity contribution is 4.88. The topological polar surface area (TPSA) is 29.3 Å². The molecule has 0 bridgehead atoms. The molecular formula is C17H34N2. The maximum absolute atomic E-state index is 6.34. The first-order valence-corrected chi connectivity index (χ1v) is 8.56. The average Bonchev–Trinajstić information content (AvgIpc) is 2.44. The van der Waals surface area contributed by atoms with Gasteiger partial charge in [0, 0.05) is 12.6 Å². The van der Waals surface area contributed by atoms with Crippen molar-refractivity contribution in [2.45, 2.75) is 71.8 Å². The van der Waals surface area contributed by atoms with Gasteiger partial charge in [-0.25, -0.2) is 0 Å². The molecule has 0 radical (unpaired) electrons. The maximum Gasteiger partial charge on any atom is 0.00795 e. The largest absolute Gasteiger partial charge is 0.327 e. The molecule has 3 atom stereocenters. The Morgan fingerprint density at radius 2 is 1.74 bits per heavy atom. The van der Waals surface area contributed by atoms with Crippen molar-refractivity contribution < 1.29 is 0 Å². The van der Waals surface area contributed by atoms with Gasteiger partial charge in [-0.15, -0.1) is 0 Å². The SMILES string of the molecule is CCC1(CC)CCN(CC2CC(C)CCC2N)CC1. The Hall–Kier alpha value is -0.0800. The lowest BCUT2D eigenvalue weighted by Gasteiger charge is -2.43. The van der Waals surface area contributed by atoms with Crippen LogP contribution >= 0.6 is 0 Å². The molecule has 1 heterocycles. The summed E-state index contributed by atoms with van der Waals surface area (Å²) in [5.74, 6) is 1.64. The second-order valence-electron chi connectivity index (χ2n) is 7.35. The standard InChI is InChI=1S/C17H34N2/c1-4-17(5-2)8-10-19(11-9-17)13-15-12-14(3)6-7-16(15)18/h14-16H,4-13,18H2,1-3H3. The zero-order valence-corrected chi connectivity index (χ0v) is 13.3. The van der Waals surface area contributed by atoms with Gasteiger partial charge in [-0.3, -0.25) is 0 Å². The first kappa shape index (κ1) is 15.3. The van der Waals surface area contributed by atoms with Crippen LogP contribution < -0.4 is 5.73 Å². The predicted molar refractivity (Wildman–Crippen MR) is 83.2 cm³/mol. The van der Waals surface area contributed by atoms with Crippen molar-refractivity contribution in [3.63, 3.8) is 0 Å². The first-order valence-electron chi connectivity index (χ1n) is 8.56. The van der Waals surface area contributed by atoms with Crippen LogP contribution in [0.25, 0.3) is 0 Å². The molecule has 2 N–H and O–H groups in total. The summed E-state index contributed by atoms with van der Waals surface area (Å²) in [5, 5.41) is 0. The van der Waals surface area contributed by atoms with Gasteiger partial charge in [0.25, 0.3) is 0 Å². The van der Waals surface area contributed by atoms with Crippen molar-refractivity contribution >= 4 is 0 Å². The minimum atomic E-state index is 0.459. The molecule has 2 fully saturated rings. The number of piperidine rings is 1. The van der Waals surface area contributed by atoms with Gasteiger partial charge >= 0.3 is 0 Å². The number of hydrogen-bond acceptors (Lipinski definition) is 2. The van der Waals surface area contributed by atoms with Crippen molar-refractivity contribution in [2.75, 3.05) is 19.6 Å². The molecule has 0 aromatic heterocycles. The van der Waals surface area contributed by atoms with E-state index >= 15 is 0 Å². The molecule has 2 rings (SSSR count).